The summed E-state index contributed by atoms with van der Waals surface area (Å²) < 4.78 is 5.65. The molecule has 0 aliphatic heterocycles. The van der Waals surface area contributed by atoms with E-state index in [2.05, 4.69) is 10.9 Å². The van der Waals surface area contributed by atoms with E-state index in [9.17, 15) is 5.26 Å². The van der Waals surface area contributed by atoms with Gasteiger partial charge in [-0.2, -0.15) is 10.1 Å². The van der Waals surface area contributed by atoms with Gasteiger partial charge in [0.05, 0.1) is 12.6 Å². The normalized spacial score (nSPS) is 9.81. The summed E-state index contributed by atoms with van der Waals surface area (Å²) in [4.78, 5) is 3.33. The molecule has 3 nitrogen and oxygen atoms in total. The van der Waals surface area contributed by atoms with E-state index in [4.69, 9.17) is 11.0 Å². The fourth-order valence-corrected chi connectivity index (χ4v) is 2.27. The Morgan fingerprint density at radius 3 is 2.00 bits per heavy atom. The van der Waals surface area contributed by atoms with Crippen LogP contribution in [0.2, 0.25) is 0 Å². The minimum atomic E-state index is 0.0372. The van der Waals surface area contributed by atoms with E-state index in [1.54, 1.807) is 0 Å². The zero-order chi connectivity index (χ0) is 14.7. The SMILES string of the molecule is [C-]#[N+]c1oc(-c2ccccc2)c(-c2ccccc2)c1C#N. The highest BCUT2D eigenvalue weighted by molar-refractivity contribution is 5.88. The summed E-state index contributed by atoms with van der Waals surface area (Å²) in [6.45, 7) is 7.20. The number of furan rings is 1. The van der Waals surface area contributed by atoms with E-state index in [0.29, 0.717) is 11.3 Å². The third-order valence-electron chi connectivity index (χ3n) is 3.20. The van der Waals surface area contributed by atoms with Crippen molar-refractivity contribution in [2.75, 3.05) is 0 Å². The van der Waals surface area contributed by atoms with Crippen LogP contribution in [0.25, 0.3) is 27.3 Å². The Balaban J connectivity index is 2.34. The molecule has 0 radical (unpaired) electrons. The largest absolute Gasteiger partial charge is 0.478 e. The lowest BCUT2D eigenvalue weighted by molar-refractivity contribution is 0.607. The Kier molecular flexibility index (Phi) is 3.25. The number of hydrogen-bond acceptors (Lipinski definition) is 2. The van der Waals surface area contributed by atoms with E-state index in [1.165, 1.54) is 0 Å². The van der Waals surface area contributed by atoms with Crippen LogP contribution in [0.4, 0.5) is 5.88 Å². The molecule has 2 aromatic carbocycles. The van der Waals surface area contributed by atoms with Gasteiger partial charge in [-0.3, -0.25) is 0 Å². The zero-order valence-electron chi connectivity index (χ0n) is 11.1. The molecule has 0 aliphatic rings. The van der Waals surface area contributed by atoms with Gasteiger partial charge < -0.3 is 4.42 Å². The summed E-state index contributed by atoms with van der Waals surface area (Å²) in [6.07, 6.45) is 0. The number of nitriles is 1. The van der Waals surface area contributed by atoms with Crippen LogP contribution >= 0.6 is 0 Å². The van der Waals surface area contributed by atoms with Crippen LogP contribution < -0.4 is 0 Å². The molecule has 3 rings (SSSR count). The molecule has 98 valence electrons. The van der Waals surface area contributed by atoms with Gasteiger partial charge in [0.2, 0.25) is 0 Å². The van der Waals surface area contributed by atoms with Gasteiger partial charge in [-0.25, -0.2) is 0 Å². The van der Waals surface area contributed by atoms with Crippen LogP contribution in [0.3, 0.4) is 0 Å². The van der Waals surface area contributed by atoms with Crippen molar-refractivity contribution < 1.29 is 4.42 Å². The van der Waals surface area contributed by atoms with Crippen LogP contribution in [0.5, 0.6) is 0 Å². The molecule has 1 heterocycles. The Morgan fingerprint density at radius 1 is 0.905 bits per heavy atom. The Hall–Kier alpha value is -3.30. The summed E-state index contributed by atoms with van der Waals surface area (Å²) >= 11 is 0. The highest BCUT2D eigenvalue weighted by atomic mass is 16.4. The quantitative estimate of drug-likeness (QED) is 0.612. The first kappa shape index (κ1) is 12.7. The fourth-order valence-electron chi connectivity index (χ4n) is 2.27. The lowest BCUT2D eigenvalue weighted by Gasteiger charge is -2.04. The van der Waals surface area contributed by atoms with Gasteiger partial charge in [0, 0.05) is 11.1 Å². The molecule has 0 atom stereocenters. The maximum atomic E-state index is 9.40. The number of hydrogen-bond donors (Lipinski definition) is 0. The second-order valence-electron chi connectivity index (χ2n) is 4.44. The van der Waals surface area contributed by atoms with Crippen LogP contribution in [0.15, 0.2) is 65.1 Å². The molecule has 0 aliphatic carbocycles. The van der Waals surface area contributed by atoms with Gasteiger partial charge in [-0.1, -0.05) is 60.7 Å². The van der Waals surface area contributed by atoms with Crippen molar-refractivity contribution in [1.29, 1.82) is 5.26 Å². The van der Waals surface area contributed by atoms with Gasteiger partial charge in [-0.05, 0) is 5.56 Å². The molecule has 3 aromatic rings. The van der Waals surface area contributed by atoms with Crippen molar-refractivity contribution in [3.8, 4) is 28.5 Å². The van der Waals surface area contributed by atoms with Gasteiger partial charge in [-0.15, -0.1) is 0 Å². The second kappa shape index (κ2) is 5.36. The molecular formula is C18H10N2O. The maximum Gasteiger partial charge on any atom is 0.364 e. The molecule has 0 saturated carbocycles. The summed E-state index contributed by atoms with van der Waals surface area (Å²) in [5.41, 5.74) is 2.68. The van der Waals surface area contributed by atoms with Gasteiger partial charge in [0.25, 0.3) is 0 Å². The van der Waals surface area contributed by atoms with Crippen LogP contribution in [0, 0.1) is 17.9 Å². The van der Waals surface area contributed by atoms with E-state index in [1.807, 2.05) is 60.7 Å². The summed E-state index contributed by atoms with van der Waals surface area (Å²) in [5.74, 6) is 0.597. The molecule has 0 unspecified atom stereocenters. The highest BCUT2D eigenvalue weighted by Gasteiger charge is 2.22. The summed E-state index contributed by atoms with van der Waals surface area (Å²) in [7, 11) is 0. The molecular weight excluding hydrogens is 260 g/mol. The van der Waals surface area contributed by atoms with E-state index in [-0.39, 0.29) is 11.4 Å². The number of rotatable bonds is 2. The molecule has 0 saturated heterocycles. The first-order chi connectivity index (χ1) is 10.3. The average molecular weight is 270 g/mol. The lowest BCUT2D eigenvalue weighted by atomic mass is 9.98. The molecule has 0 bridgehead atoms. The topological polar surface area (TPSA) is 41.3 Å². The van der Waals surface area contributed by atoms with Gasteiger partial charge in [0.1, 0.15) is 11.3 Å². The zero-order valence-corrected chi connectivity index (χ0v) is 11.1. The Morgan fingerprint density at radius 2 is 1.48 bits per heavy atom. The van der Waals surface area contributed by atoms with E-state index >= 15 is 0 Å². The highest BCUT2D eigenvalue weighted by Crippen LogP contribution is 2.42. The first-order valence-electron chi connectivity index (χ1n) is 6.40. The van der Waals surface area contributed by atoms with Crippen molar-refractivity contribution in [2.24, 2.45) is 0 Å². The molecule has 1 aromatic heterocycles. The molecule has 21 heavy (non-hydrogen) atoms. The smallest absolute Gasteiger partial charge is 0.364 e. The summed E-state index contributed by atoms with van der Waals surface area (Å²) in [5, 5.41) is 9.40. The Labute approximate surface area is 122 Å². The molecule has 0 spiro atoms. The first-order valence-corrected chi connectivity index (χ1v) is 6.40. The molecule has 0 N–H and O–H groups in total. The van der Waals surface area contributed by atoms with Crippen molar-refractivity contribution in [1.82, 2.24) is 0 Å². The minimum Gasteiger partial charge on any atom is -0.478 e. The van der Waals surface area contributed by atoms with Gasteiger partial charge in [0.15, 0.2) is 0 Å². The third-order valence-corrected chi connectivity index (χ3v) is 3.20. The van der Waals surface area contributed by atoms with Crippen molar-refractivity contribution in [3.05, 3.63) is 77.6 Å². The molecule has 0 fully saturated rings. The second-order valence-corrected chi connectivity index (χ2v) is 4.44. The number of benzene rings is 2. The van der Waals surface area contributed by atoms with Crippen LogP contribution in [0.1, 0.15) is 5.56 Å². The summed E-state index contributed by atoms with van der Waals surface area (Å²) in [6, 6.07) is 21.1. The standard InChI is InChI=1S/C18H10N2O/c1-20-18-15(12-19)16(13-8-4-2-5-9-13)17(21-18)14-10-6-3-7-11-14/h2-11H. The molecule has 3 heteroatoms. The van der Waals surface area contributed by atoms with E-state index < -0.39 is 0 Å². The predicted octanol–water partition coefficient (Wildman–Crippen LogP) is 5.04. The number of nitrogens with zero attached hydrogens (tertiary/aromatic N) is 2. The Bertz CT molecular complexity index is 850. The van der Waals surface area contributed by atoms with Gasteiger partial charge >= 0.3 is 5.88 Å². The van der Waals surface area contributed by atoms with Crippen LogP contribution in [-0.2, 0) is 0 Å². The fraction of sp³-hybridized carbons (Fsp3) is 0. The predicted molar refractivity (Wildman–Crippen MR) is 80.6 cm³/mol. The maximum absolute atomic E-state index is 9.40. The molecule has 0 amide bonds. The van der Waals surface area contributed by atoms with E-state index in [0.717, 1.165) is 11.1 Å². The van der Waals surface area contributed by atoms with Crippen molar-refractivity contribution in [2.45, 2.75) is 0 Å². The van der Waals surface area contributed by atoms with Crippen LogP contribution in [-0.4, -0.2) is 0 Å². The van der Waals surface area contributed by atoms with Crippen molar-refractivity contribution in [3.63, 3.8) is 0 Å². The lowest BCUT2D eigenvalue weighted by Crippen LogP contribution is -1.82. The average Bonchev–Trinajstić information content (AvgIpc) is 2.95. The minimum absolute atomic E-state index is 0.0372. The third kappa shape index (κ3) is 2.18. The van der Waals surface area contributed by atoms with Crippen molar-refractivity contribution >= 4 is 5.88 Å². The monoisotopic (exact) mass is 270 g/mol.